The van der Waals surface area contributed by atoms with Crippen molar-refractivity contribution in [1.82, 2.24) is 0 Å². The SMILES string of the molecule is Cc1cc2c(c(C)c1C)C(O[Si](C)(C)C)=CC2. The molecule has 1 nitrogen and oxygen atoms in total. The summed E-state index contributed by atoms with van der Waals surface area (Å²) in [5, 5.41) is 0. The fraction of sp³-hybridized carbons (Fsp3) is 0.467. The van der Waals surface area contributed by atoms with E-state index < -0.39 is 8.32 Å². The highest BCUT2D eigenvalue weighted by Crippen LogP contribution is 2.35. The van der Waals surface area contributed by atoms with Crippen molar-refractivity contribution < 1.29 is 4.43 Å². The lowest BCUT2D eigenvalue weighted by atomic mass is 9.95. The molecule has 0 saturated heterocycles. The number of aryl methyl sites for hydroxylation is 1. The summed E-state index contributed by atoms with van der Waals surface area (Å²) in [7, 11) is -1.51. The first kappa shape index (κ1) is 12.4. The highest BCUT2D eigenvalue weighted by molar-refractivity contribution is 6.70. The molecule has 2 heteroatoms. The number of hydrogen-bond donors (Lipinski definition) is 0. The molecule has 17 heavy (non-hydrogen) atoms. The lowest BCUT2D eigenvalue weighted by Crippen LogP contribution is -2.24. The van der Waals surface area contributed by atoms with E-state index >= 15 is 0 Å². The molecule has 0 unspecified atom stereocenters. The minimum absolute atomic E-state index is 1.02. The van der Waals surface area contributed by atoms with Gasteiger partial charge in [0.2, 0.25) is 8.32 Å². The standard InChI is InChI=1S/C15H22OSi/c1-10-9-13-7-8-14(16-17(4,5)6)15(13)12(3)11(10)2/h8-9H,7H2,1-6H3. The number of allylic oxidation sites excluding steroid dienone is 1. The van der Waals surface area contributed by atoms with Gasteiger partial charge >= 0.3 is 0 Å². The molecule has 0 amide bonds. The van der Waals surface area contributed by atoms with Crippen molar-refractivity contribution in [2.75, 3.05) is 0 Å². The minimum atomic E-state index is -1.51. The summed E-state index contributed by atoms with van der Waals surface area (Å²) in [4.78, 5) is 0. The zero-order valence-corrected chi connectivity index (χ0v) is 12.8. The Kier molecular flexibility index (Phi) is 2.94. The number of hydrogen-bond acceptors (Lipinski definition) is 1. The van der Waals surface area contributed by atoms with E-state index in [4.69, 9.17) is 4.43 Å². The molecular weight excluding hydrogens is 224 g/mol. The zero-order chi connectivity index (χ0) is 12.8. The highest BCUT2D eigenvalue weighted by Gasteiger charge is 2.25. The van der Waals surface area contributed by atoms with Crippen LogP contribution in [0.3, 0.4) is 0 Å². The summed E-state index contributed by atoms with van der Waals surface area (Å²) in [5.74, 6) is 1.12. The monoisotopic (exact) mass is 246 g/mol. The summed E-state index contributed by atoms with van der Waals surface area (Å²) in [5.41, 5.74) is 6.97. The van der Waals surface area contributed by atoms with Gasteiger partial charge in [-0.05, 0) is 75.2 Å². The van der Waals surface area contributed by atoms with Crippen LogP contribution in [0, 0.1) is 20.8 Å². The molecule has 0 N–H and O–H groups in total. The number of rotatable bonds is 2. The Hall–Kier alpha value is -1.02. The molecule has 92 valence electrons. The van der Waals surface area contributed by atoms with Gasteiger partial charge in [-0.1, -0.05) is 6.07 Å². The maximum Gasteiger partial charge on any atom is 0.242 e. The molecule has 1 aromatic carbocycles. The molecule has 2 rings (SSSR count). The Morgan fingerprint density at radius 1 is 1.06 bits per heavy atom. The van der Waals surface area contributed by atoms with Gasteiger partial charge in [0.05, 0.1) is 0 Å². The third kappa shape index (κ3) is 2.32. The molecule has 1 aliphatic rings. The smallest absolute Gasteiger partial charge is 0.242 e. The minimum Gasteiger partial charge on any atom is -0.544 e. The van der Waals surface area contributed by atoms with Crippen LogP contribution in [0.1, 0.15) is 27.8 Å². The first-order valence-corrected chi connectivity index (χ1v) is 9.69. The van der Waals surface area contributed by atoms with E-state index in [1.54, 1.807) is 0 Å². The molecule has 0 aromatic heterocycles. The Morgan fingerprint density at radius 2 is 1.71 bits per heavy atom. The van der Waals surface area contributed by atoms with Crippen LogP contribution in [0.25, 0.3) is 5.76 Å². The van der Waals surface area contributed by atoms with Crippen LogP contribution < -0.4 is 0 Å². The molecule has 0 aliphatic heterocycles. The quantitative estimate of drug-likeness (QED) is 0.705. The van der Waals surface area contributed by atoms with Gasteiger partial charge in [0.25, 0.3) is 0 Å². The molecular formula is C15H22OSi. The lowest BCUT2D eigenvalue weighted by Gasteiger charge is -2.22. The topological polar surface area (TPSA) is 9.23 Å². The molecule has 0 saturated carbocycles. The van der Waals surface area contributed by atoms with Crippen LogP contribution in [0.15, 0.2) is 12.1 Å². The van der Waals surface area contributed by atoms with E-state index in [2.05, 4.69) is 52.6 Å². The van der Waals surface area contributed by atoms with Crippen LogP contribution in [-0.2, 0) is 10.8 Å². The van der Waals surface area contributed by atoms with Gasteiger partial charge in [-0.25, -0.2) is 0 Å². The Balaban J connectivity index is 2.46. The van der Waals surface area contributed by atoms with Crippen molar-refractivity contribution in [2.24, 2.45) is 0 Å². The summed E-state index contributed by atoms with van der Waals surface area (Å²) in [6, 6.07) is 2.31. The maximum absolute atomic E-state index is 6.20. The Labute approximate surface area is 106 Å². The van der Waals surface area contributed by atoms with Gasteiger partial charge in [-0.15, -0.1) is 0 Å². The van der Waals surface area contributed by atoms with Crippen LogP contribution in [0.4, 0.5) is 0 Å². The molecule has 0 bridgehead atoms. The predicted octanol–water partition coefficient (Wildman–Crippen LogP) is 4.36. The van der Waals surface area contributed by atoms with E-state index in [0.717, 1.165) is 12.2 Å². The van der Waals surface area contributed by atoms with Crippen molar-refractivity contribution in [3.8, 4) is 0 Å². The fourth-order valence-corrected chi connectivity index (χ4v) is 3.24. The van der Waals surface area contributed by atoms with E-state index in [9.17, 15) is 0 Å². The second-order valence-corrected chi connectivity index (χ2v) is 10.4. The van der Waals surface area contributed by atoms with Gasteiger partial charge in [-0.3, -0.25) is 0 Å². The van der Waals surface area contributed by atoms with Crippen LogP contribution in [0.2, 0.25) is 19.6 Å². The largest absolute Gasteiger partial charge is 0.544 e. The summed E-state index contributed by atoms with van der Waals surface area (Å²) < 4.78 is 6.20. The second-order valence-electron chi connectivity index (χ2n) is 5.96. The third-order valence-electron chi connectivity index (χ3n) is 3.41. The van der Waals surface area contributed by atoms with Crippen LogP contribution in [0.5, 0.6) is 0 Å². The molecule has 0 spiro atoms. The molecule has 1 aliphatic carbocycles. The predicted molar refractivity (Wildman–Crippen MR) is 76.8 cm³/mol. The second kappa shape index (κ2) is 4.02. The van der Waals surface area contributed by atoms with Gasteiger partial charge in [-0.2, -0.15) is 0 Å². The highest BCUT2D eigenvalue weighted by atomic mass is 28.4. The van der Waals surface area contributed by atoms with Crippen molar-refractivity contribution in [1.29, 1.82) is 0 Å². The molecule has 1 aromatic rings. The lowest BCUT2D eigenvalue weighted by molar-refractivity contribution is 0.515. The van der Waals surface area contributed by atoms with Crippen molar-refractivity contribution in [3.05, 3.63) is 40.0 Å². The Morgan fingerprint density at radius 3 is 2.29 bits per heavy atom. The molecule has 0 heterocycles. The molecule has 0 atom stereocenters. The van der Waals surface area contributed by atoms with Gasteiger partial charge in [0, 0.05) is 5.56 Å². The zero-order valence-electron chi connectivity index (χ0n) is 11.8. The average Bonchev–Trinajstić information content (AvgIpc) is 2.55. The van der Waals surface area contributed by atoms with Crippen molar-refractivity contribution in [3.63, 3.8) is 0 Å². The van der Waals surface area contributed by atoms with Crippen LogP contribution in [-0.4, -0.2) is 8.32 Å². The van der Waals surface area contributed by atoms with Gasteiger partial charge in [0.1, 0.15) is 5.76 Å². The molecule has 0 radical (unpaired) electrons. The van der Waals surface area contributed by atoms with Crippen LogP contribution >= 0.6 is 0 Å². The average molecular weight is 246 g/mol. The van der Waals surface area contributed by atoms with E-state index in [0.29, 0.717) is 0 Å². The number of fused-ring (bicyclic) bond motifs is 1. The van der Waals surface area contributed by atoms with Gasteiger partial charge in [0.15, 0.2) is 0 Å². The Bertz CT molecular complexity index is 493. The summed E-state index contributed by atoms with van der Waals surface area (Å²) in [6.45, 7) is 13.3. The first-order chi connectivity index (χ1) is 7.79. The van der Waals surface area contributed by atoms with E-state index in [-0.39, 0.29) is 0 Å². The van der Waals surface area contributed by atoms with Gasteiger partial charge < -0.3 is 4.43 Å². The normalized spacial score (nSPS) is 14.6. The van der Waals surface area contributed by atoms with E-state index in [1.807, 2.05) is 0 Å². The first-order valence-electron chi connectivity index (χ1n) is 6.29. The molecule has 0 fully saturated rings. The summed E-state index contributed by atoms with van der Waals surface area (Å²) in [6.07, 6.45) is 3.27. The number of benzene rings is 1. The van der Waals surface area contributed by atoms with Crippen molar-refractivity contribution >= 4 is 14.1 Å². The summed E-state index contributed by atoms with van der Waals surface area (Å²) >= 11 is 0. The maximum atomic E-state index is 6.20. The van der Waals surface area contributed by atoms with Crippen molar-refractivity contribution in [2.45, 2.75) is 46.8 Å². The van der Waals surface area contributed by atoms with E-state index in [1.165, 1.54) is 27.8 Å². The third-order valence-corrected chi connectivity index (χ3v) is 4.24. The fourth-order valence-electron chi connectivity index (χ4n) is 2.40.